The van der Waals surface area contributed by atoms with Crippen LogP contribution in [0.3, 0.4) is 0 Å². The second-order valence-corrected chi connectivity index (χ2v) is 6.94. The Morgan fingerprint density at radius 3 is 2.46 bits per heavy atom. The van der Waals surface area contributed by atoms with Gasteiger partial charge in [0, 0.05) is 11.3 Å². The van der Waals surface area contributed by atoms with Gasteiger partial charge in [0.1, 0.15) is 0 Å². The largest absolute Gasteiger partial charge is 0.271 e. The van der Waals surface area contributed by atoms with Crippen molar-refractivity contribution in [3.8, 4) is 11.6 Å². The number of rotatable bonds is 4. The van der Waals surface area contributed by atoms with Crippen LogP contribution in [0.25, 0.3) is 11.6 Å². The number of H-pyrrole nitrogens is 1. The summed E-state index contributed by atoms with van der Waals surface area (Å²) in [7, 11) is 0. The molecule has 0 aliphatic heterocycles. The van der Waals surface area contributed by atoms with Crippen molar-refractivity contribution in [1.29, 1.82) is 0 Å². The van der Waals surface area contributed by atoms with Crippen molar-refractivity contribution < 1.29 is 0 Å². The fraction of sp³-hybridized carbons (Fsp3) is 0.211. The van der Waals surface area contributed by atoms with Gasteiger partial charge in [-0.25, -0.2) is 14.5 Å². The Kier molecular flexibility index (Phi) is 4.52. The molecule has 3 heterocycles. The molecule has 0 aliphatic rings. The average Bonchev–Trinajstić information content (AvgIpc) is 3.30. The van der Waals surface area contributed by atoms with Gasteiger partial charge in [0.25, 0.3) is 5.95 Å². The van der Waals surface area contributed by atoms with Gasteiger partial charge in [-0.2, -0.15) is 20.0 Å². The van der Waals surface area contributed by atoms with Crippen LogP contribution in [0, 0.1) is 32.5 Å². The predicted molar refractivity (Wildman–Crippen MR) is 110 cm³/mol. The summed E-state index contributed by atoms with van der Waals surface area (Å²) < 4.78 is 5.58. The Morgan fingerprint density at radius 2 is 1.79 bits per heavy atom. The van der Waals surface area contributed by atoms with Crippen LogP contribution in [-0.4, -0.2) is 40.6 Å². The van der Waals surface area contributed by atoms with Crippen LogP contribution in [0.4, 0.5) is 0 Å². The lowest BCUT2D eigenvalue weighted by molar-refractivity contribution is 0.714. The van der Waals surface area contributed by atoms with E-state index < -0.39 is 0 Å². The lowest BCUT2D eigenvalue weighted by atomic mass is 10.2. The zero-order valence-corrected chi connectivity index (χ0v) is 16.9. The topological polar surface area (TPSA) is 81.6 Å². The number of aryl methyl sites for hydroxylation is 3. The van der Waals surface area contributed by atoms with Gasteiger partial charge in [0.15, 0.2) is 0 Å². The summed E-state index contributed by atoms with van der Waals surface area (Å²) in [4.78, 5) is 0. The van der Waals surface area contributed by atoms with Crippen molar-refractivity contribution in [2.45, 2.75) is 27.7 Å². The number of para-hydroxylation sites is 1. The molecule has 4 rings (SSSR count). The molecule has 9 heteroatoms. The molecule has 0 radical (unpaired) electrons. The molecule has 1 N–H and O–H groups in total. The number of aromatic nitrogens is 7. The van der Waals surface area contributed by atoms with Crippen molar-refractivity contribution in [2.24, 2.45) is 5.10 Å². The van der Waals surface area contributed by atoms with E-state index in [1.165, 1.54) is 0 Å². The van der Waals surface area contributed by atoms with Crippen molar-refractivity contribution >= 4 is 18.4 Å². The van der Waals surface area contributed by atoms with Crippen LogP contribution >= 0.6 is 12.2 Å². The van der Waals surface area contributed by atoms with Gasteiger partial charge < -0.3 is 0 Å². The van der Waals surface area contributed by atoms with Crippen molar-refractivity contribution in [3.63, 3.8) is 0 Å². The summed E-state index contributed by atoms with van der Waals surface area (Å²) in [6, 6.07) is 12.0. The second kappa shape index (κ2) is 7.01. The average molecular weight is 392 g/mol. The maximum atomic E-state index is 5.35. The van der Waals surface area contributed by atoms with Crippen molar-refractivity contribution in [1.82, 2.24) is 34.4 Å². The molecule has 0 fully saturated rings. The zero-order valence-electron chi connectivity index (χ0n) is 16.1. The molecule has 142 valence electrons. The monoisotopic (exact) mass is 392 g/mol. The molecule has 28 heavy (non-hydrogen) atoms. The van der Waals surface area contributed by atoms with E-state index in [0.717, 1.165) is 34.0 Å². The minimum Gasteiger partial charge on any atom is -0.248 e. The molecule has 0 saturated carbocycles. The number of aromatic amines is 1. The van der Waals surface area contributed by atoms with E-state index in [1.54, 1.807) is 15.6 Å². The van der Waals surface area contributed by atoms with Gasteiger partial charge in [-0.3, -0.25) is 0 Å². The van der Waals surface area contributed by atoms with Gasteiger partial charge in [0.05, 0.1) is 29.0 Å². The molecule has 1 aromatic carbocycles. The molecule has 0 saturated heterocycles. The second-order valence-electron chi connectivity index (χ2n) is 6.56. The zero-order chi connectivity index (χ0) is 19.8. The van der Waals surface area contributed by atoms with Gasteiger partial charge in [-0.1, -0.05) is 18.2 Å². The highest BCUT2D eigenvalue weighted by atomic mass is 32.1. The van der Waals surface area contributed by atoms with Gasteiger partial charge >= 0.3 is 0 Å². The Hall–Kier alpha value is -3.33. The third kappa shape index (κ3) is 3.09. The Labute approximate surface area is 167 Å². The molecule has 0 bridgehead atoms. The molecule has 0 unspecified atom stereocenters. The Bertz CT molecular complexity index is 1220. The number of hydrogen-bond donors (Lipinski definition) is 1. The molecule has 0 aliphatic carbocycles. The number of nitrogens with zero attached hydrogens (tertiary/aromatic N) is 7. The van der Waals surface area contributed by atoms with E-state index in [4.69, 9.17) is 12.2 Å². The van der Waals surface area contributed by atoms with E-state index >= 15 is 0 Å². The molecule has 0 atom stereocenters. The first kappa shape index (κ1) is 18.1. The summed E-state index contributed by atoms with van der Waals surface area (Å²) in [5.74, 6) is 0.512. The van der Waals surface area contributed by atoms with Crippen LogP contribution < -0.4 is 0 Å². The molecular weight excluding hydrogens is 372 g/mol. The Morgan fingerprint density at radius 1 is 1.04 bits per heavy atom. The predicted octanol–water partition coefficient (Wildman–Crippen LogP) is 3.43. The fourth-order valence-electron chi connectivity index (χ4n) is 3.13. The minimum atomic E-state index is 0.393. The standard InChI is InChI=1S/C19H20N8S/c1-12-10-13(2)25(23-12)18-21-22-19(28)27(18)20-11-17-14(3)24-26(15(17)4)16-8-6-5-7-9-16/h5-11H,1-4H3,(H,22,28)/b20-11-. The van der Waals surface area contributed by atoms with E-state index in [0.29, 0.717) is 10.7 Å². The third-order valence-electron chi connectivity index (χ3n) is 4.48. The molecule has 0 amide bonds. The normalized spacial score (nSPS) is 11.6. The third-order valence-corrected chi connectivity index (χ3v) is 4.75. The SMILES string of the molecule is Cc1cc(C)n(-c2n[nH]c(=S)n2/N=C\c2c(C)nn(-c3ccccc3)c2C)n1. The lowest BCUT2D eigenvalue weighted by Crippen LogP contribution is -2.07. The van der Waals surface area contributed by atoms with Gasteiger partial charge in [0.2, 0.25) is 4.77 Å². The maximum absolute atomic E-state index is 5.35. The summed E-state index contributed by atoms with van der Waals surface area (Å²) >= 11 is 5.35. The van der Waals surface area contributed by atoms with E-state index in [1.807, 2.05) is 68.8 Å². The minimum absolute atomic E-state index is 0.393. The maximum Gasteiger partial charge on any atom is 0.271 e. The molecular formula is C19H20N8S. The first-order valence-electron chi connectivity index (χ1n) is 8.83. The first-order valence-corrected chi connectivity index (χ1v) is 9.23. The number of nitrogens with one attached hydrogen (secondary N) is 1. The van der Waals surface area contributed by atoms with Crippen LogP contribution in [0.2, 0.25) is 0 Å². The lowest BCUT2D eigenvalue weighted by Gasteiger charge is -2.04. The number of hydrogen-bond acceptors (Lipinski definition) is 5. The Balaban J connectivity index is 1.76. The van der Waals surface area contributed by atoms with Gasteiger partial charge in [-0.15, -0.1) is 5.10 Å². The van der Waals surface area contributed by atoms with Crippen molar-refractivity contribution in [3.05, 3.63) is 69.5 Å². The van der Waals surface area contributed by atoms with E-state index in [-0.39, 0.29) is 0 Å². The highest BCUT2D eigenvalue weighted by molar-refractivity contribution is 7.71. The van der Waals surface area contributed by atoms with E-state index in [2.05, 4.69) is 25.5 Å². The fourth-order valence-corrected chi connectivity index (χ4v) is 3.31. The van der Waals surface area contributed by atoms with E-state index in [9.17, 15) is 0 Å². The van der Waals surface area contributed by atoms with Gasteiger partial charge in [-0.05, 0) is 58.1 Å². The van der Waals surface area contributed by atoms with Crippen LogP contribution in [0.15, 0.2) is 41.5 Å². The summed E-state index contributed by atoms with van der Waals surface area (Å²) in [5, 5.41) is 20.8. The molecule has 8 nitrogen and oxygen atoms in total. The highest BCUT2D eigenvalue weighted by Gasteiger charge is 2.14. The first-order chi connectivity index (χ1) is 13.5. The smallest absolute Gasteiger partial charge is 0.248 e. The van der Waals surface area contributed by atoms with Crippen molar-refractivity contribution in [2.75, 3.05) is 0 Å². The summed E-state index contributed by atoms with van der Waals surface area (Å²) in [6.45, 7) is 7.88. The molecule has 3 aromatic heterocycles. The van der Waals surface area contributed by atoms with Crippen LogP contribution in [0.1, 0.15) is 28.3 Å². The van der Waals surface area contributed by atoms with Crippen LogP contribution in [-0.2, 0) is 0 Å². The highest BCUT2D eigenvalue weighted by Crippen LogP contribution is 2.17. The molecule has 4 aromatic rings. The summed E-state index contributed by atoms with van der Waals surface area (Å²) in [5.41, 5.74) is 5.67. The number of benzene rings is 1. The quantitative estimate of drug-likeness (QED) is 0.426. The summed E-state index contributed by atoms with van der Waals surface area (Å²) in [6.07, 6.45) is 1.76. The van der Waals surface area contributed by atoms with Crippen LogP contribution in [0.5, 0.6) is 0 Å². The molecule has 0 spiro atoms.